The van der Waals surface area contributed by atoms with Crippen LogP contribution in [0.5, 0.6) is 0 Å². The van der Waals surface area contributed by atoms with Gasteiger partial charge in [-0.05, 0) is 133 Å². The van der Waals surface area contributed by atoms with E-state index in [1.807, 2.05) is 71.5 Å². The van der Waals surface area contributed by atoms with Crippen LogP contribution in [0.25, 0.3) is 5.57 Å². The summed E-state index contributed by atoms with van der Waals surface area (Å²) in [5, 5.41) is 6.13. The zero-order chi connectivity index (χ0) is 57.3. The lowest BCUT2D eigenvalue weighted by molar-refractivity contribution is -0.120. The predicted molar refractivity (Wildman–Crippen MR) is 311 cm³/mol. The first-order valence-corrected chi connectivity index (χ1v) is 31.6. The number of halogens is 4. The Morgan fingerprint density at radius 1 is 0.802 bits per heavy atom. The number of piperazine rings is 2. The van der Waals surface area contributed by atoms with Crippen LogP contribution in [-0.2, 0) is 31.2 Å². The van der Waals surface area contributed by atoms with Crippen molar-refractivity contribution >= 4 is 83.7 Å². The summed E-state index contributed by atoms with van der Waals surface area (Å²) in [6.45, 7) is 11.7. The second-order valence-corrected chi connectivity index (χ2v) is 27.6. The molecule has 5 aromatic carbocycles. The number of sulfonamides is 1. The zero-order valence-electron chi connectivity index (χ0n) is 45.1. The topological polar surface area (TPSA) is 172 Å². The molecule has 15 nitrogen and oxygen atoms in total. The Hall–Kier alpha value is -5.94. The maximum absolute atomic E-state index is 14.5. The lowest BCUT2D eigenvalue weighted by atomic mass is 9.73. The Bertz CT molecular complexity index is 3370. The Morgan fingerprint density at radius 3 is 2.15 bits per heavy atom. The number of imide groups is 1. The lowest BCUT2D eigenvalue weighted by Crippen LogP contribution is -2.68. The molecule has 5 aliphatic heterocycles. The van der Waals surface area contributed by atoms with Gasteiger partial charge in [0.25, 0.3) is 25.8 Å². The van der Waals surface area contributed by atoms with Gasteiger partial charge < -0.3 is 10.2 Å². The summed E-state index contributed by atoms with van der Waals surface area (Å²) >= 11 is 7.66. The van der Waals surface area contributed by atoms with Gasteiger partial charge in [0.2, 0.25) is 5.91 Å². The number of piperidine rings is 1. The average molecular weight is 1190 g/mol. The number of carbonyl (C=O) groups is 3. The fourth-order valence-corrected chi connectivity index (χ4v) is 14.9. The molecule has 5 aromatic rings. The fraction of sp³-hybridized carbons (Fsp3) is 0.407. The summed E-state index contributed by atoms with van der Waals surface area (Å²) in [6, 6.07) is 33.5. The summed E-state index contributed by atoms with van der Waals surface area (Å²) in [5.74, 6) is -0.995. The fourth-order valence-electron chi connectivity index (χ4n) is 11.8. The van der Waals surface area contributed by atoms with Crippen molar-refractivity contribution in [1.29, 1.82) is 0 Å². The Labute approximate surface area is 481 Å². The molecular formula is C59H66ClF3N8O7S3. The van der Waals surface area contributed by atoms with Gasteiger partial charge in [0.1, 0.15) is 4.90 Å². The number of hydrogen-bond acceptors (Lipinski definition) is 13. The van der Waals surface area contributed by atoms with Crippen molar-refractivity contribution in [3.05, 3.63) is 149 Å². The molecule has 0 aromatic heterocycles. The van der Waals surface area contributed by atoms with Gasteiger partial charge in [-0.25, -0.2) is 26.4 Å². The first-order chi connectivity index (χ1) is 38.6. The van der Waals surface area contributed by atoms with Crippen LogP contribution in [0.3, 0.4) is 0 Å². The molecule has 5 fully saturated rings. The van der Waals surface area contributed by atoms with Gasteiger partial charge in [-0.2, -0.15) is 13.2 Å². The lowest BCUT2D eigenvalue weighted by Gasteiger charge is -2.57. The molecule has 4 amide bonds. The molecule has 0 spiro atoms. The van der Waals surface area contributed by atoms with Crippen LogP contribution < -0.4 is 25.2 Å². The normalized spacial score (nSPS) is 20.6. The number of nitrogens with one attached hydrogen (secondary N) is 3. The summed E-state index contributed by atoms with van der Waals surface area (Å²) < 4.78 is 99.8. The molecule has 1 aliphatic carbocycles. The Morgan fingerprint density at radius 2 is 1.48 bits per heavy atom. The van der Waals surface area contributed by atoms with Gasteiger partial charge in [0, 0.05) is 123 Å². The summed E-state index contributed by atoms with van der Waals surface area (Å²) in [4.78, 5) is 47.2. The predicted octanol–water partition coefficient (Wildman–Crippen LogP) is 9.91. The maximum atomic E-state index is 14.5. The molecule has 2 unspecified atom stereocenters. The van der Waals surface area contributed by atoms with Gasteiger partial charge in [0.15, 0.2) is 0 Å². The number of anilines is 3. The third kappa shape index (κ3) is 13.8. The minimum absolute atomic E-state index is 0.0152. The highest BCUT2D eigenvalue weighted by Crippen LogP contribution is 2.43. The number of rotatable bonds is 19. The Kier molecular flexibility index (Phi) is 17.3. The van der Waals surface area contributed by atoms with E-state index in [-0.39, 0.29) is 35.4 Å². The van der Waals surface area contributed by atoms with E-state index in [4.69, 9.17) is 11.6 Å². The van der Waals surface area contributed by atoms with Crippen LogP contribution in [0.2, 0.25) is 5.02 Å². The van der Waals surface area contributed by atoms with Crippen LogP contribution in [0.15, 0.2) is 142 Å². The van der Waals surface area contributed by atoms with E-state index in [0.29, 0.717) is 48.6 Å². The second kappa shape index (κ2) is 24.1. The molecule has 430 valence electrons. The number of nitrogens with zero attached hydrogens (tertiary/aromatic N) is 5. The SMILES string of the molecule is CC1(C)CCC(c2ccc(Cl)cc2)=C(CN2CCN(c3ccc(C(=O)NS(=O)(=O)c4ccc(N[C@H](CCN5C6CC5CN(Cc5ccc(N7CCC(=O)NC7=O)cc5)C6)CSc5ccccc5)c(S(=O)(=O)C(F)(F)F)c4)cc3)CC2)C1. The van der Waals surface area contributed by atoms with Gasteiger partial charge in [-0.3, -0.25) is 34.5 Å². The van der Waals surface area contributed by atoms with Gasteiger partial charge in [-0.1, -0.05) is 73.5 Å². The second-order valence-electron chi connectivity index (χ2n) is 22.4. The van der Waals surface area contributed by atoms with E-state index in [1.54, 1.807) is 12.1 Å². The zero-order valence-corrected chi connectivity index (χ0v) is 48.3. The van der Waals surface area contributed by atoms with Crippen molar-refractivity contribution in [3.8, 4) is 0 Å². The molecule has 0 saturated carbocycles. The third-order valence-electron chi connectivity index (χ3n) is 16.1. The summed E-state index contributed by atoms with van der Waals surface area (Å²) in [6.07, 6.45) is 4.75. The summed E-state index contributed by atoms with van der Waals surface area (Å²) in [5.41, 5.74) is 0.637. The third-order valence-corrected chi connectivity index (χ3v) is 20.4. The van der Waals surface area contributed by atoms with E-state index < -0.39 is 58.8 Å². The first-order valence-electron chi connectivity index (χ1n) is 27.3. The van der Waals surface area contributed by atoms with Crippen LogP contribution in [0.4, 0.5) is 35.0 Å². The van der Waals surface area contributed by atoms with Crippen molar-refractivity contribution in [2.45, 2.75) is 97.2 Å². The van der Waals surface area contributed by atoms with Crippen molar-refractivity contribution < 1.29 is 44.4 Å². The van der Waals surface area contributed by atoms with Crippen LogP contribution in [0.1, 0.15) is 73.9 Å². The molecule has 5 heterocycles. The van der Waals surface area contributed by atoms with Crippen molar-refractivity contribution in [1.82, 2.24) is 24.7 Å². The number of alkyl halides is 3. The highest BCUT2D eigenvalue weighted by Gasteiger charge is 2.49. The first kappa shape index (κ1) is 58.3. The van der Waals surface area contributed by atoms with Gasteiger partial charge in [-0.15, -0.1) is 11.8 Å². The average Bonchev–Trinajstić information content (AvgIpc) is 3.60. The number of amides is 4. The number of carbonyl (C=O) groups excluding carboxylic acids is 3. The molecule has 22 heteroatoms. The van der Waals surface area contributed by atoms with E-state index in [9.17, 15) is 44.4 Å². The van der Waals surface area contributed by atoms with Crippen molar-refractivity contribution in [3.63, 3.8) is 0 Å². The number of urea groups is 1. The molecule has 3 N–H and O–H groups in total. The molecular weight excluding hydrogens is 1120 g/mol. The van der Waals surface area contributed by atoms with Crippen molar-refractivity contribution in [2.75, 3.05) is 79.8 Å². The van der Waals surface area contributed by atoms with E-state index in [1.165, 1.54) is 45.5 Å². The quantitative estimate of drug-likeness (QED) is 0.0668. The minimum atomic E-state index is -6.12. The van der Waals surface area contributed by atoms with E-state index >= 15 is 0 Å². The molecule has 2 bridgehead atoms. The van der Waals surface area contributed by atoms with Crippen LogP contribution in [0, 0.1) is 5.41 Å². The number of hydrogen-bond donors (Lipinski definition) is 3. The number of thioether (sulfide) groups is 1. The van der Waals surface area contributed by atoms with Gasteiger partial charge >= 0.3 is 11.5 Å². The largest absolute Gasteiger partial charge is 0.501 e. The highest BCUT2D eigenvalue weighted by molar-refractivity contribution is 7.99. The highest BCUT2D eigenvalue weighted by atomic mass is 35.5. The van der Waals surface area contributed by atoms with Crippen LogP contribution in [-0.4, -0.2) is 138 Å². The maximum Gasteiger partial charge on any atom is 0.501 e. The number of benzene rings is 5. The Balaban J connectivity index is 0.777. The van der Waals surface area contributed by atoms with Crippen molar-refractivity contribution in [2.24, 2.45) is 5.41 Å². The summed E-state index contributed by atoms with van der Waals surface area (Å²) in [7, 11) is -11.0. The minimum Gasteiger partial charge on any atom is -0.380 e. The van der Waals surface area contributed by atoms with E-state index in [2.05, 4.69) is 56.2 Å². The standard InChI is InChI=1S/C59H66ClF3N8O7S3/c1-58(2)25-22-52(41-10-14-44(60)15-11-41)43(34-58)36-67-28-30-69(31-29-67)46-18-12-42(13-19-46)56(73)66-81(77,78)51-20-21-53(54(33-51)80(75,76)59(61,62)63)64-45(39-79-50-6-4-3-5-7-50)23-26-70-48-32-49(70)38-68(37-48)35-40-8-16-47(17-9-40)71-27-24-55(72)65-57(71)74/h3-21,33,45,48-49,64H,22-32,34-39H2,1-2H3,(H,66,73)(H,65,72,74)/t45-,48?,49?/m1/s1. The molecule has 5 saturated heterocycles. The number of sulfone groups is 1. The monoisotopic (exact) mass is 1190 g/mol. The van der Waals surface area contributed by atoms with Crippen LogP contribution >= 0.6 is 23.4 Å². The molecule has 3 atom stereocenters. The molecule has 11 rings (SSSR count). The molecule has 0 radical (unpaired) electrons. The smallest absolute Gasteiger partial charge is 0.380 e. The van der Waals surface area contributed by atoms with E-state index in [0.717, 1.165) is 99.8 Å². The number of allylic oxidation sites excluding steroid dienone is 1. The number of fused-ring (bicyclic) bond motifs is 2. The molecule has 81 heavy (non-hydrogen) atoms. The van der Waals surface area contributed by atoms with Gasteiger partial charge in [0.05, 0.1) is 10.6 Å². The molecule has 6 aliphatic rings.